The molecule has 0 radical (unpaired) electrons. The van der Waals surface area contributed by atoms with Crippen LogP contribution < -0.4 is 10.6 Å². The number of halogens is 1. The van der Waals surface area contributed by atoms with Gasteiger partial charge in [0.1, 0.15) is 16.5 Å². The number of benzene rings is 1. The van der Waals surface area contributed by atoms with E-state index in [1.54, 1.807) is 29.5 Å². The zero-order chi connectivity index (χ0) is 22.2. The number of hydrogen-bond donors (Lipinski definition) is 1. The summed E-state index contributed by atoms with van der Waals surface area (Å²) in [6, 6.07) is 6.18. The molecule has 3 aromatic heterocycles. The molecule has 164 valence electrons. The first kappa shape index (κ1) is 21.3. The lowest BCUT2D eigenvalue weighted by molar-refractivity contribution is -0.115. The molecule has 2 N–H and O–H groups in total. The number of nitrogen functional groups attached to an aromatic ring is 1. The zero-order valence-corrected chi connectivity index (χ0v) is 19.7. The van der Waals surface area contributed by atoms with E-state index in [2.05, 4.69) is 9.97 Å². The smallest absolute Gasteiger partial charge is 0.230 e. The van der Waals surface area contributed by atoms with Gasteiger partial charge in [0.15, 0.2) is 10.3 Å². The number of amides is 1. The topological polar surface area (TPSA) is 85.0 Å². The molecule has 0 unspecified atom stereocenters. The molecule has 6 nitrogen and oxygen atoms in total. The van der Waals surface area contributed by atoms with Crippen LogP contribution in [0.4, 0.5) is 21.0 Å². The molecule has 1 aliphatic rings. The number of para-hydroxylation sites is 1. The van der Waals surface area contributed by atoms with Crippen LogP contribution in [0.1, 0.15) is 35.9 Å². The number of fused-ring (bicyclic) bond motifs is 3. The summed E-state index contributed by atoms with van der Waals surface area (Å²) in [7, 11) is 0. The second kappa shape index (κ2) is 8.76. The fraction of sp³-hybridized carbons (Fsp3) is 0.273. The van der Waals surface area contributed by atoms with E-state index < -0.39 is 5.82 Å². The van der Waals surface area contributed by atoms with Gasteiger partial charge in [-0.15, -0.1) is 22.7 Å². The molecule has 0 bridgehead atoms. The first-order valence-electron chi connectivity index (χ1n) is 10.2. The molecule has 0 saturated heterocycles. The van der Waals surface area contributed by atoms with E-state index in [0.717, 1.165) is 28.8 Å². The van der Waals surface area contributed by atoms with Crippen LogP contribution in [0.5, 0.6) is 0 Å². The lowest BCUT2D eigenvalue weighted by atomic mass is 9.97. The van der Waals surface area contributed by atoms with Gasteiger partial charge in [0, 0.05) is 22.9 Å². The van der Waals surface area contributed by atoms with Crippen molar-refractivity contribution in [2.24, 2.45) is 0 Å². The van der Waals surface area contributed by atoms with Crippen molar-refractivity contribution >= 4 is 67.2 Å². The van der Waals surface area contributed by atoms with Crippen molar-refractivity contribution in [3.63, 3.8) is 0 Å². The Kier molecular flexibility index (Phi) is 5.83. The maximum Gasteiger partial charge on any atom is 0.230 e. The van der Waals surface area contributed by atoms with Crippen LogP contribution >= 0.6 is 34.4 Å². The number of aryl methyl sites for hydroxylation is 2. The second-order valence-corrected chi connectivity index (χ2v) is 10.4. The normalized spacial score (nSPS) is 13.3. The minimum absolute atomic E-state index is 0.191. The monoisotopic (exact) mass is 485 g/mol. The summed E-state index contributed by atoms with van der Waals surface area (Å²) in [5, 5.41) is 3.93. The predicted octanol–water partition coefficient (Wildman–Crippen LogP) is 5.72. The van der Waals surface area contributed by atoms with Gasteiger partial charge in [-0.2, -0.15) is 0 Å². The van der Waals surface area contributed by atoms with Crippen LogP contribution in [0.2, 0.25) is 0 Å². The van der Waals surface area contributed by atoms with Crippen LogP contribution in [-0.2, 0) is 23.4 Å². The van der Waals surface area contributed by atoms with E-state index in [1.807, 2.05) is 5.38 Å². The highest BCUT2D eigenvalue weighted by atomic mass is 32.2. The molecule has 3 heterocycles. The Morgan fingerprint density at radius 1 is 1.22 bits per heavy atom. The molecule has 10 heteroatoms. The highest BCUT2D eigenvalue weighted by Gasteiger charge is 2.22. The van der Waals surface area contributed by atoms with Gasteiger partial charge in [-0.25, -0.2) is 19.3 Å². The Labute approximate surface area is 196 Å². The summed E-state index contributed by atoms with van der Waals surface area (Å²) < 4.78 is 14.3. The van der Waals surface area contributed by atoms with Gasteiger partial charge >= 0.3 is 0 Å². The highest BCUT2D eigenvalue weighted by Crippen LogP contribution is 2.39. The molecule has 0 aliphatic heterocycles. The van der Waals surface area contributed by atoms with Crippen molar-refractivity contribution in [2.45, 2.75) is 43.5 Å². The molecule has 0 atom stereocenters. The molecule has 5 rings (SSSR count). The third-order valence-corrected chi connectivity index (χ3v) is 8.25. The minimum atomic E-state index is -0.468. The first-order chi connectivity index (χ1) is 15.5. The number of nitrogens with two attached hydrogens (primary N) is 1. The van der Waals surface area contributed by atoms with Gasteiger partial charge in [0.05, 0.1) is 16.8 Å². The van der Waals surface area contributed by atoms with Gasteiger partial charge in [-0.05, 0) is 43.4 Å². The number of rotatable bonds is 5. The van der Waals surface area contributed by atoms with E-state index in [-0.39, 0.29) is 11.6 Å². The number of aromatic nitrogens is 3. The van der Waals surface area contributed by atoms with Gasteiger partial charge in [-0.3, -0.25) is 9.69 Å². The second-order valence-electron chi connectivity index (χ2n) is 7.50. The minimum Gasteiger partial charge on any atom is -0.383 e. The fourth-order valence-electron chi connectivity index (χ4n) is 3.87. The predicted molar refractivity (Wildman–Crippen MR) is 129 cm³/mol. The molecule has 0 saturated carbocycles. The standard InChI is InChI=1S/C22H20FN5OS3/c1-12(29)28(16-8-4-3-7-15(16)23)22-25-13(11-31-22)10-30-21-26-19(24)18-14-6-2-5-9-17(14)32-20(18)27-21/h3-4,7-8,11H,2,5-6,9-10H2,1H3,(H2,24,26,27). The number of anilines is 3. The van der Waals surface area contributed by atoms with E-state index >= 15 is 0 Å². The molecule has 0 spiro atoms. The summed E-state index contributed by atoms with van der Waals surface area (Å²) >= 11 is 4.47. The van der Waals surface area contributed by atoms with E-state index in [0.29, 0.717) is 21.9 Å². The maximum atomic E-state index is 14.3. The Morgan fingerprint density at radius 2 is 2.03 bits per heavy atom. The van der Waals surface area contributed by atoms with Crippen LogP contribution in [0.3, 0.4) is 0 Å². The molecule has 1 aliphatic carbocycles. The van der Waals surface area contributed by atoms with Gasteiger partial charge in [0.25, 0.3) is 0 Å². The summed E-state index contributed by atoms with van der Waals surface area (Å²) in [5.74, 6) is 0.296. The molecule has 1 amide bonds. The molecule has 32 heavy (non-hydrogen) atoms. The Morgan fingerprint density at radius 3 is 2.84 bits per heavy atom. The number of thioether (sulfide) groups is 1. The average molecular weight is 486 g/mol. The molecular weight excluding hydrogens is 465 g/mol. The van der Waals surface area contributed by atoms with Crippen molar-refractivity contribution < 1.29 is 9.18 Å². The van der Waals surface area contributed by atoms with Gasteiger partial charge < -0.3 is 5.73 Å². The van der Waals surface area contributed by atoms with E-state index in [4.69, 9.17) is 10.7 Å². The third-order valence-electron chi connectivity index (χ3n) is 5.31. The van der Waals surface area contributed by atoms with Crippen molar-refractivity contribution in [1.82, 2.24) is 15.0 Å². The largest absolute Gasteiger partial charge is 0.383 e. The van der Waals surface area contributed by atoms with Crippen LogP contribution in [0, 0.1) is 5.82 Å². The van der Waals surface area contributed by atoms with Gasteiger partial charge in [-0.1, -0.05) is 23.9 Å². The highest BCUT2D eigenvalue weighted by molar-refractivity contribution is 7.98. The summed E-state index contributed by atoms with van der Waals surface area (Å²) in [5.41, 5.74) is 8.59. The Balaban J connectivity index is 1.36. The SMILES string of the molecule is CC(=O)N(c1nc(CSc2nc(N)c3c4c(sc3n2)CCCC4)cs1)c1ccccc1F. The molecular formula is C22H20FN5OS3. The Hall–Kier alpha value is -2.56. The third kappa shape index (κ3) is 3.98. The lowest BCUT2D eigenvalue weighted by Crippen LogP contribution is -2.23. The van der Waals surface area contributed by atoms with E-state index in [1.165, 1.54) is 64.3 Å². The first-order valence-corrected chi connectivity index (χ1v) is 12.9. The maximum absolute atomic E-state index is 14.3. The van der Waals surface area contributed by atoms with Crippen LogP contribution in [0.15, 0.2) is 34.8 Å². The van der Waals surface area contributed by atoms with Crippen LogP contribution in [0.25, 0.3) is 10.2 Å². The number of thiophene rings is 1. The van der Waals surface area contributed by atoms with Crippen LogP contribution in [-0.4, -0.2) is 20.9 Å². The quantitative estimate of drug-likeness (QED) is 0.287. The zero-order valence-electron chi connectivity index (χ0n) is 17.3. The van der Waals surface area contributed by atoms with Crippen molar-refractivity contribution in [2.75, 3.05) is 10.6 Å². The number of thiazole rings is 1. The van der Waals surface area contributed by atoms with Crippen molar-refractivity contribution in [3.8, 4) is 0 Å². The lowest BCUT2D eigenvalue weighted by Gasteiger charge is -2.18. The molecule has 4 aromatic rings. The molecule has 1 aromatic carbocycles. The number of carbonyl (C=O) groups is 1. The summed E-state index contributed by atoms with van der Waals surface area (Å²) in [4.78, 5) is 29.7. The summed E-state index contributed by atoms with van der Waals surface area (Å²) in [6.45, 7) is 1.40. The number of hydrogen-bond acceptors (Lipinski definition) is 8. The Bertz CT molecular complexity index is 1320. The van der Waals surface area contributed by atoms with Gasteiger partial charge in [0.2, 0.25) is 5.91 Å². The van der Waals surface area contributed by atoms with E-state index in [9.17, 15) is 9.18 Å². The summed E-state index contributed by atoms with van der Waals surface area (Å²) in [6.07, 6.45) is 4.54. The average Bonchev–Trinajstić information content (AvgIpc) is 3.38. The van der Waals surface area contributed by atoms with Crippen molar-refractivity contribution in [1.29, 1.82) is 0 Å². The number of carbonyl (C=O) groups excluding carboxylic acids is 1. The molecule has 0 fully saturated rings. The fourth-order valence-corrected chi connectivity index (χ4v) is 6.93. The number of nitrogens with zero attached hydrogens (tertiary/aromatic N) is 4. The van der Waals surface area contributed by atoms with Crippen molar-refractivity contribution in [3.05, 3.63) is 51.6 Å².